The van der Waals surface area contributed by atoms with E-state index in [1.54, 1.807) is 18.2 Å². The van der Waals surface area contributed by atoms with Crippen molar-refractivity contribution in [1.82, 2.24) is 10.1 Å². The van der Waals surface area contributed by atoms with Crippen molar-refractivity contribution < 1.29 is 27.6 Å². The van der Waals surface area contributed by atoms with Crippen LogP contribution in [0.3, 0.4) is 0 Å². The molecule has 0 fully saturated rings. The van der Waals surface area contributed by atoms with Crippen LogP contribution < -0.4 is 9.88 Å². The van der Waals surface area contributed by atoms with E-state index < -0.39 is 21.9 Å². The molecule has 9 nitrogen and oxygen atoms in total. The van der Waals surface area contributed by atoms with Gasteiger partial charge in [-0.05, 0) is 62.7 Å². The first kappa shape index (κ1) is 22.7. The van der Waals surface area contributed by atoms with Gasteiger partial charge in [0.25, 0.3) is 5.89 Å². The van der Waals surface area contributed by atoms with Gasteiger partial charge in [-0.25, -0.2) is 13.6 Å². The number of carbonyl (C=O) groups is 1. The molecule has 1 aromatic heterocycles. The van der Waals surface area contributed by atoms with Crippen LogP contribution in [-0.2, 0) is 14.8 Å². The molecule has 0 radical (unpaired) electrons. The quantitative estimate of drug-likeness (QED) is 0.537. The summed E-state index contributed by atoms with van der Waals surface area (Å²) >= 11 is 6.26. The lowest BCUT2D eigenvalue weighted by atomic mass is 9.95. The van der Waals surface area contributed by atoms with Crippen LogP contribution in [0.25, 0.3) is 22.8 Å². The van der Waals surface area contributed by atoms with Gasteiger partial charge in [0.05, 0.1) is 21.9 Å². The first-order chi connectivity index (χ1) is 14.5. The van der Waals surface area contributed by atoms with Crippen LogP contribution in [0, 0.1) is 0 Å². The zero-order valence-electron chi connectivity index (χ0n) is 16.9. The Balaban J connectivity index is 2.04. The molecule has 0 aliphatic carbocycles. The van der Waals surface area contributed by atoms with E-state index >= 15 is 0 Å². The highest BCUT2D eigenvalue weighted by atomic mass is 35.5. The summed E-state index contributed by atoms with van der Waals surface area (Å²) in [6, 6.07) is 8.86. The Morgan fingerprint density at radius 2 is 1.90 bits per heavy atom. The SMILES string of the molecule is CC(C)Oc1ccc(-c2noc(-c3ccc(S(N)(=O)=O)cc3C(C)C(=O)O)n2)cc1Cl. The first-order valence-corrected chi connectivity index (χ1v) is 11.1. The number of rotatable bonds is 7. The van der Waals surface area contributed by atoms with Crippen molar-refractivity contribution in [3.63, 3.8) is 0 Å². The Morgan fingerprint density at radius 1 is 1.19 bits per heavy atom. The van der Waals surface area contributed by atoms with E-state index in [1.165, 1.54) is 25.1 Å². The van der Waals surface area contributed by atoms with Crippen molar-refractivity contribution in [2.24, 2.45) is 5.14 Å². The van der Waals surface area contributed by atoms with Gasteiger partial charge < -0.3 is 14.4 Å². The number of nitrogens with two attached hydrogens (primary N) is 1. The molecule has 3 N–H and O–H groups in total. The first-order valence-electron chi connectivity index (χ1n) is 9.17. The number of aromatic nitrogens is 2. The molecule has 31 heavy (non-hydrogen) atoms. The maximum Gasteiger partial charge on any atom is 0.310 e. The summed E-state index contributed by atoms with van der Waals surface area (Å²) in [6.45, 7) is 5.18. The van der Waals surface area contributed by atoms with Crippen LogP contribution in [0.1, 0.15) is 32.3 Å². The number of ether oxygens (including phenoxy) is 1. The molecular formula is C20H20ClN3O6S. The molecule has 3 aromatic rings. The number of carboxylic acids is 1. The number of nitrogens with zero attached hydrogens (tertiary/aromatic N) is 2. The molecule has 0 aliphatic heterocycles. The van der Waals surface area contributed by atoms with Crippen molar-refractivity contribution >= 4 is 27.6 Å². The number of hydrogen-bond acceptors (Lipinski definition) is 7. The highest BCUT2D eigenvalue weighted by Crippen LogP contribution is 2.34. The maximum atomic E-state index is 11.7. The third-order valence-corrected chi connectivity index (χ3v) is 5.60. The van der Waals surface area contributed by atoms with Gasteiger partial charge in [0.2, 0.25) is 15.8 Å². The molecule has 1 heterocycles. The smallest absolute Gasteiger partial charge is 0.310 e. The lowest BCUT2D eigenvalue weighted by Crippen LogP contribution is -2.14. The van der Waals surface area contributed by atoms with Crippen molar-refractivity contribution in [3.8, 4) is 28.6 Å². The topological polar surface area (TPSA) is 146 Å². The summed E-state index contributed by atoms with van der Waals surface area (Å²) in [5.41, 5.74) is 1.02. The summed E-state index contributed by atoms with van der Waals surface area (Å²) < 4.78 is 34.3. The fourth-order valence-corrected chi connectivity index (χ4v) is 3.62. The standard InChI is InChI=1S/C20H20ClN3O6S/c1-10(2)29-17-7-4-12(8-16(17)21)18-23-19(30-24-18)14-6-5-13(31(22,27)28)9-15(14)11(3)20(25)26/h4-11H,1-3H3,(H,25,26)(H2,22,27,28). The minimum Gasteiger partial charge on any atom is -0.489 e. The van der Waals surface area contributed by atoms with Crippen LogP contribution in [-0.4, -0.2) is 35.7 Å². The number of halogens is 1. The van der Waals surface area contributed by atoms with Gasteiger partial charge in [0, 0.05) is 11.1 Å². The molecule has 11 heteroatoms. The Labute approximate surface area is 183 Å². The van der Waals surface area contributed by atoms with Crippen LogP contribution in [0.15, 0.2) is 45.8 Å². The average Bonchev–Trinajstić information content (AvgIpc) is 3.17. The largest absolute Gasteiger partial charge is 0.489 e. The van der Waals surface area contributed by atoms with E-state index in [-0.39, 0.29) is 33.8 Å². The summed E-state index contributed by atoms with van der Waals surface area (Å²) in [5, 5.41) is 18.9. The summed E-state index contributed by atoms with van der Waals surface area (Å²) in [6.07, 6.45) is -0.0462. The predicted molar refractivity (Wildman–Crippen MR) is 113 cm³/mol. The number of aliphatic carboxylic acids is 1. The average molecular weight is 466 g/mol. The minimum atomic E-state index is -4.02. The molecule has 0 amide bonds. The lowest BCUT2D eigenvalue weighted by Gasteiger charge is -2.12. The summed E-state index contributed by atoms with van der Waals surface area (Å²) in [5.74, 6) is -1.44. The minimum absolute atomic E-state index is 0.0256. The second kappa shape index (κ2) is 8.66. The van der Waals surface area contributed by atoms with Crippen LogP contribution >= 0.6 is 11.6 Å². The Bertz CT molecular complexity index is 1240. The predicted octanol–water partition coefficient (Wildman–Crippen LogP) is 3.68. The van der Waals surface area contributed by atoms with E-state index in [0.29, 0.717) is 16.3 Å². The van der Waals surface area contributed by atoms with Gasteiger partial charge in [-0.2, -0.15) is 4.98 Å². The van der Waals surface area contributed by atoms with E-state index in [1.807, 2.05) is 13.8 Å². The van der Waals surface area contributed by atoms with Gasteiger partial charge in [-0.1, -0.05) is 16.8 Å². The number of hydrogen-bond donors (Lipinski definition) is 2. The Hall–Kier alpha value is -2.95. The van der Waals surface area contributed by atoms with E-state index in [0.717, 1.165) is 0 Å². The second-order valence-corrected chi connectivity index (χ2v) is 9.06. The van der Waals surface area contributed by atoms with Gasteiger partial charge >= 0.3 is 5.97 Å². The normalized spacial score (nSPS) is 12.7. The number of primary sulfonamides is 1. The molecule has 0 spiro atoms. The van der Waals surface area contributed by atoms with Crippen molar-refractivity contribution in [3.05, 3.63) is 47.0 Å². The van der Waals surface area contributed by atoms with Crippen LogP contribution in [0.2, 0.25) is 5.02 Å². The summed E-state index contributed by atoms with van der Waals surface area (Å²) in [4.78, 5) is 15.7. The Morgan fingerprint density at radius 3 is 2.48 bits per heavy atom. The number of carboxylic acid groups (broad SMARTS) is 1. The van der Waals surface area contributed by atoms with Crippen LogP contribution in [0.4, 0.5) is 0 Å². The van der Waals surface area contributed by atoms with Crippen molar-refractivity contribution in [2.45, 2.75) is 37.7 Å². The Kier molecular flexibility index (Phi) is 6.35. The molecule has 3 rings (SSSR count). The van der Waals surface area contributed by atoms with E-state index in [2.05, 4.69) is 10.1 Å². The fourth-order valence-electron chi connectivity index (χ4n) is 2.84. The lowest BCUT2D eigenvalue weighted by molar-refractivity contribution is -0.138. The van der Waals surface area contributed by atoms with Crippen molar-refractivity contribution in [2.75, 3.05) is 0 Å². The van der Waals surface area contributed by atoms with Gasteiger partial charge in [0.15, 0.2) is 0 Å². The van der Waals surface area contributed by atoms with E-state index in [9.17, 15) is 18.3 Å². The summed E-state index contributed by atoms with van der Waals surface area (Å²) in [7, 11) is -4.02. The molecule has 0 bridgehead atoms. The van der Waals surface area contributed by atoms with Crippen molar-refractivity contribution in [1.29, 1.82) is 0 Å². The zero-order valence-corrected chi connectivity index (χ0v) is 18.4. The third kappa shape index (κ3) is 5.04. The molecule has 164 valence electrons. The second-order valence-electron chi connectivity index (χ2n) is 7.09. The molecule has 1 atom stereocenters. The highest BCUT2D eigenvalue weighted by molar-refractivity contribution is 7.89. The van der Waals surface area contributed by atoms with Gasteiger partial charge in [0.1, 0.15) is 5.75 Å². The van der Waals surface area contributed by atoms with Gasteiger partial charge in [-0.15, -0.1) is 0 Å². The molecule has 0 saturated carbocycles. The molecule has 2 aromatic carbocycles. The van der Waals surface area contributed by atoms with Gasteiger partial charge in [-0.3, -0.25) is 4.79 Å². The molecule has 0 saturated heterocycles. The molecule has 0 aliphatic rings. The number of benzene rings is 2. The van der Waals surface area contributed by atoms with E-state index in [4.69, 9.17) is 26.0 Å². The zero-order chi connectivity index (χ0) is 22.9. The highest BCUT2D eigenvalue weighted by Gasteiger charge is 2.24. The number of sulfonamides is 1. The molecule has 1 unspecified atom stereocenters. The monoisotopic (exact) mass is 465 g/mol. The fraction of sp³-hybridized carbons (Fsp3) is 0.250. The third-order valence-electron chi connectivity index (χ3n) is 4.40. The maximum absolute atomic E-state index is 11.7. The molecular weight excluding hydrogens is 446 g/mol. The van der Waals surface area contributed by atoms with Crippen LogP contribution in [0.5, 0.6) is 5.75 Å².